The summed E-state index contributed by atoms with van der Waals surface area (Å²) in [5, 5.41) is 0. The van der Waals surface area contributed by atoms with E-state index in [0.29, 0.717) is 6.61 Å². The van der Waals surface area contributed by atoms with Crippen LogP contribution in [0.5, 0.6) is 0 Å². The van der Waals surface area contributed by atoms with Gasteiger partial charge in [0.05, 0.1) is 12.6 Å². The maximum atomic E-state index is 13.4. The number of ether oxygens (including phenoxy) is 1. The van der Waals surface area contributed by atoms with E-state index in [1.165, 1.54) is 5.56 Å². The lowest BCUT2D eigenvalue weighted by atomic mass is 9.96. The molecule has 1 saturated heterocycles. The van der Waals surface area contributed by atoms with Gasteiger partial charge in [-0.05, 0) is 29.2 Å². The number of benzene rings is 3. The predicted molar refractivity (Wildman–Crippen MR) is 101 cm³/mol. The smallest absolute Gasteiger partial charge is 0.257 e. The van der Waals surface area contributed by atoms with Crippen molar-refractivity contribution < 1.29 is 9.53 Å². The van der Waals surface area contributed by atoms with Crippen molar-refractivity contribution in [2.24, 2.45) is 0 Å². The summed E-state index contributed by atoms with van der Waals surface area (Å²) in [6.45, 7) is 0.557. The maximum Gasteiger partial charge on any atom is 0.257 e. The number of amides is 1. The van der Waals surface area contributed by atoms with E-state index in [1.54, 1.807) is 0 Å². The third kappa shape index (κ3) is 2.36. The van der Waals surface area contributed by atoms with Gasteiger partial charge >= 0.3 is 0 Å². The molecule has 0 N–H and O–H groups in total. The fourth-order valence-corrected chi connectivity index (χ4v) is 4.11. The first-order valence-electron chi connectivity index (χ1n) is 8.99. The van der Waals surface area contributed by atoms with Gasteiger partial charge in [0.1, 0.15) is 0 Å². The summed E-state index contributed by atoms with van der Waals surface area (Å²) in [5.74, 6) is 0.0558. The van der Waals surface area contributed by atoms with E-state index in [9.17, 15) is 4.79 Å². The Morgan fingerprint density at radius 2 is 1.46 bits per heavy atom. The Morgan fingerprint density at radius 3 is 2.27 bits per heavy atom. The molecule has 3 heteroatoms. The van der Waals surface area contributed by atoms with Crippen LogP contribution in [-0.2, 0) is 11.2 Å². The van der Waals surface area contributed by atoms with Gasteiger partial charge in [0.2, 0.25) is 0 Å². The number of hydrogen-bond donors (Lipinski definition) is 0. The Labute approximate surface area is 152 Å². The topological polar surface area (TPSA) is 29.5 Å². The maximum absolute atomic E-state index is 13.4. The number of fused-ring (bicyclic) bond motifs is 5. The summed E-state index contributed by atoms with van der Waals surface area (Å²) in [7, 11) is 0. The Balaban J connectivity index is 1.62. The first-order valence-corrected chi connectivity index (χ1v) is 8.99. The van der Waals surface area contributed by atoms with E-state index in [4.69, 9.17) is 4.74 Å². The van der Waals surface area contributed by atoms with Crippen molar-refractivity contribution in [2.75, 3.05) is 6.61 Å². The highest BCUT2D eigenvalue weighted by Gasteiger charge is 2.42. The summed E-state index contributed by atoms with van der Waals surface area (Å²) >= 11 is 0. The van der Waals surface area contributed by atoms with Crippen LogP contribution in [0, 0.1) is 0 Å². The molecule has 3 nitrogen and oxygen atoms in total. The highest BCUT2D eigenvalue weighted by molar-refractivity contribution is 6.03. The van der Waals surface area contributed by atoms with Crippen LogP contribution in [0.15, 0.2) is 78.9 Å². The highest BCUT2D eigenvalue weighted by Crippen LogP contribution is 2.42. The number of hydrogen-bond acceptors (Lipinski definition) is 2. The number of rotatable bonds is 2. The van der Waals surface area contributed by atoms with Crippen LogP contribution in [0.1, 0.15) is 27.7 Å². The minimum Gasteiger partial charge on any atom is -0.352 e. The summed E-state index contributed by atoms with van der Waals surface area (Å²) in [5.41, 5.74) is 5.13. The summed E-state index contributed by atoms with van der Waals surface area (Å²) in [6.07, 6.45) is 0.479. The zero-order valence-corrected chi connectivity index (χ0v) is 14.3. The molecule has 2 heterocycles. The van der Waals surface area contributed by atoms with E-state index in [-0.39, 0.29) is 18.2 Å². The molecule has 0 aliphatic carbocycles. The third-order valence-corrected chi connectivity index (χ3v) is 5.32. The second-order valence-electron chi connectivity index (χ2n) is 6.87. The molecule has 1 fully saturated rings. The van der Waals surface area contributed by atoms with Crippen LogP contribution >= 0.6 is 0 Å². The molecular formula is C23H19NO2. The molecular weight excluding hydrogens is 322 g/mol. The summed E-state index contributed by atoms with van der Waals surface area (Å²) in [6, 6.07) is 26.4. The Bertz CT molecular complexity index is 967. The van der Waals surface area contributed by atoms with E-state index in [2.05, 4.69) is 24.3 Å². The fourth-order valence-electron chi connectivity index (χ4n) is 4.11. The van der Waals surface area contributed by atoms with Gasteiger partial charge in [0, 0.05) is 11.1 Å². The largest absolute Gasteiger partial charge is 0.352 e. The molecule has 0 saturated carbocycles. The zero-order valence-electron chi connectivity index (χ0n) is 14.3. The van der Waals surface area contributed by atoms with Gasteiger partial charge in [0.25, 0.3) is 5.91 Å². The average Bonchev–Trinajstić information content (AvgIpc) is 3.07. The quantitative estimate of drug-likeness (QED) is 0.689. The van der Waals surface area contributed by atoms with Gasteiger partial charge in [-0.25, -0.2) is 0 Å². The van der Waals surface area contributed by atoms with E-state index in [1.807, 2.05) is 59.5 Å². The van der Waals surface area contributed by atoms with Crippen LogP contribution in [0.2, 0.25) is 0 Å². The summed E-state index contributed by atoms with van der Waals surface area (Å²) in [4.78, 5) is 15.4. The Kier molecular flexibility index (Phi) is 3.61. The molecule has 2 aliphatic heterocycles. The van der Waals surface area contributed by atoms with E-state index < -0.39 is 0 Å². The van der Waals surface area contributed by atoms with Crippen molar-refractivity contribution in [2.45, 2.75) is 18.7 Å². The molecule has 26 heavy (non-hydrogen) atoms. The highest BCUT2D eigenvalue weighted by atomic mass is 16.5. The third-order valence-electron chi connectivity index (χ3n) is 5.32. The van der Waals surface area contributed by atoms with Gasteiger partial charge in [-0.3, -0.25) is 4.79 Å². The van der Waals surface area contributed by atoms with Crippen molar-refractivity contribution in [3.05, 3.63) is 95.6 Å². The van der Waals surface area contributed by atoms with Gasteiger partial charge in [-0.2, -0.15) is 0 Å². The lowest BCUT2D eigenvalue weighted by Gasteiger charge is -2.27. The molecule has 0 spiro atoms. The van der Waals surface area contributed by atoms with Gasteiger partial charge in [-0.1, -0.05) is 72.8 Å². The fraction of sp³-hybridized carbons (Fsp3) is 0.174. The molecule has 0 unspecified atom stereocenters. The van der Waals surface area contributed by atoms with Crippen LogP contribution in [0.25, 0.3) is 11.1 Å². The minimum atomic E-state index is -0.320. The minimum absolute atomic E-state index is 0.0362. The molecule has 0 radical (unpaired) electrons. The van der Waals surface area contributed by atoms with E-state index >= 15 is 0 Å². The lowest BCUT2D eigenvalue weighted by molar-refractivity contribution is 0.0256. The average molecular weight is 341 g/mol. The molecule has 2 aliphatic rings. The van der Waals surface area contributed by atoms with E-state index in [0.717, 1.165) is 28.7 Å². The van der Waals surface area contributed by atoms with Crippen molar-refractivity contribution in [3.63, 3.8) is 0 Å². The van der Waals surface area contributed by atoms with Gasteiger partial charge in [-0.15, -0.1) is 0 Å². The zero-order chi connectivity index (χ0) is 17.5. The normalized spacial score (nSPS) is 20.9. The monoisotopic (exact) mass is 341 g/mol. The molecule has 0 bridgehead atoms. The van der Waals surface area contributed by atoms with Crippen molar-refractivity contribution in [1.29, 1.82) is 0 Å². The number of carbonyl (C=O) groups excluding carboxylic acids is 1. The lowest BCUT2D eigenvalue weighted by Crippen LogP contribution is -2.39. The van der Waals surface area contributed by atoms with Crippen LogP contribution < -0.4 is 0 Å². The molecule has 5 rings (SSSR count). The first kappa shape index (κ1) is 15.4. The molecule has 0 aromatic heterocycles. The second kappa shape index (κ2) is 6.11. The number of nitrogens with zero attached hydrogens (tertiary/aromatic N) is 1. The van der Waals surface area contributed by atoms with Crippen molar-refractivity contribution >= 4 is 5.91 Å². The molecule has 2 atom stereocenters. The van der Waals surface area contributed by atoms with Gasteiger partial charge < -0.3 is 9.64 Å². The van der Waals surface area contributed by atoms with Crippen LogP contribution in [-0.4, -0.2) is 23.5 Å². The van der Waals surface area contributed by atoms with Gasteiger partial charge in [0.15, 0.2) is 6.23 Å². The van der Waals surface area contributed by atoms with Crippen molar-refractivity contribution in [1.82, 2.24) is 4.90 Å². The Morgan fingerprint density at radius 1 is 0.808 bits per heavy atom. The molecule has 3 aromatic carbocycles. The number of carbonyl (C=O) groups is 1. The standard InChI is InChI=1S/C23H19NO2/c25-22-20-12-6-4-10-18(20)19-11-5-7-13-21(19)23-24(22)17(15-26-23)14-16-8-2-1-3-9-16/h1-13,17,23H,14-15H2/t17-,23-/m0/s1. The molecule has 128 valence electrons. The Hall–Kier alpha value is -2.91. The van der Waals surface area contributed by atoms with Crippen LogP contribution in [0.4, 0.5) is 0 Å². The predicted octanol–water partition coefficient (Wildman–Crippen LogP) is 4.45. The SMILES string of the molecule is O=C1c2ccccc2-c2ccccc2[C@@H]2OC[C@H](Cc3ccccc3)N12. The van der Waals surface area contributed by atoms with Crippen molar-refractivity contribution in [3.8, 4) is 11.1 Å². The summed E-state index contributed by atoms with van der Waals surface area (Å²) < 4.78 is 6.15. The second-order valence-corrected chi connectivity index (χ2v) is 6.87. The molecule has 1 amide bonds. The molecule has 3 aromatic rings. The van der Waals surface area contributed by atoms with Crippen LogP contribution in [0.3, 0.4) is 0 Å². The first-order chi connectivity index (χ1) is 12.8.